The molecule has 0 amide bonds. The number of benzene rings is 1. The van der Waals surface area contributed by atoms with Crippen molar-refractivity contribution >= 4 is 16.7 Å². The second-order valence-corrected chi connectivity index (χ2v) is 2.97. The van der Waals surface area contributed by atoms with Gasteiger partial charge in [0.15, 0.2) is 0 Å². The van der Waals surface area contributed by atoms with Crippen LogP contribution in [0.5, 0.6) is 0 Å². The van der Waals surface area contributed by atoms with Gasteiger partial charge in [-0.05, 0) is 18.2 Å². The molecule has 0 atom stereocenters. The number of hydrogen-bond acceptors (Lipinski definition) is 3. The number of furan rings is 1. The monoisotopic (exact) mass is 217 g/mol. The van der Waals surface area contributed by atoms with Gasteiger partial charge in [-0.15, -0.1) is 0 Å². The highest BCUT2D eigenvalue weighted by Gasteiger charge is 2.31. The fourth-order valence-corrected chi connectivity index (χ4v) is 1.29. The first kappa shape index (κ1) is 9.85. The first-order valence-electron chi connectivity index (χ1n) is 4.01. The molecule has 0 saturated carbocycles. The van der Waals surface area contributed by atoms with E-state index in [1.54, 1.807) is 0 Å². The van der Waals surface area contributed by atoms with Crippen LogP contribution >= 0.6 is 0 Å². The summed E-state index contributed by atoms with van der Waals surface area (Å²) in [4.78, 5) is 0. The van der Waals surface area contributed by atoms with Crippen LogP contribution in [0.4, 0.5) is 18.9 Å². The van der Waals surface area contributed by atoms with Gasteiger partial charge in [0.2, 0.25) is 0 Å². The van der Waals surface area contributed by atoms with Crippen molar-refractivity contribution in [1.29, 1.82) is 0 Å². The minimum Gasteiger partial charge on any atom is -0.462 e. The molecule has 1 heterocycles. The maximum absolute atomic E-state index is 12.3. The van der Waals surface area contributed by atoms with Gasteiger partial charge in [-0.3, -0.25) is 10.7 Å². The normalized spacial score (nSPS) is 12.0. The van der Waals surface area contributed by atoms with Gasteiger partial charge in [0.05, 0.1) is 5.56 Å². The van der Waals surface area contributed by atoms with Crippen molar-refractivity contribution in [1.82, 2.24) is 0 Å². The van der Waals surface area contributed by atoms with Crippen LogP contribution in [-0.2, 0) is 6.18 Å². The van der Waals surface area contributed by atoms with E-state index in [9.17, 15) is 13.2 Å². The van der Waals surface area contributed by atoms with Crippen molar-refractivity contribution in [2.45, 2.75) is 6.18 Å². The summed E-state index contributed by atoms with van der Waals surface area (Å²) in [6, 6.07) is 3.05. The van der Waals surface area contributed by atoms with Crippen molar-refractivity contribution in [3.05, 3.63) is 30.0 Å². The van der Waals surface area contributed by atoms with E-state index in [2.05, 4.69) is 0 Å². The second kappa shape index (κ2) is 3.16. The van der Waals surface area contributed by atoms with Crippen LogP contribution in [0.25, 0.3) is 11.0 Å². The van der Waals surface area contributed by atoms with E-state index < -0.39 is 11.7 Å². The Bertz CT molecular complexity index is 490. The Kier molecular flexibility index (Phi) is 2.08. The molecule has 0 fully saturated rings. The number of alkyl halides is 3. The Labute approximate surface area is 82.1 Å². The molecule has 3 nitrogen and oxygen atoms in total. The maximum Gasteiger partial charge on any atom is 0.416 e. The molecule has 0 spiro atoms. The van der Waals surface area contributed by atoms with Crippen LogP contribution in [0.3, 0.4) is 0 Å². The van der Waals surface area contributed by atoms with E-state index in [0.717, 1.165) is 18.4 Å². The van der Waals surface area contributed by atoms with E-state index in [4.69, 9.17) is 9.62 Å². The topological polar surface area (TPSA) is 45.4 Å². The van der Waals surface area contributed by atoms with Gasteiger partial charge in [0.1, 0.15) is 17.5 Å². The molecule has 0 saturated heterocycles. The van der Waals surface area contributed by atoms with Crippen molar-refractivity contribution in [3.8, 4) is 0 Å². The highest BCUT2D eigenvalue weighted by atomic mass is 19.4. The number of nitrogens with one attached hydrogen (secondary N) is 1. The summed E-state index contributed by atoms with van der Waals surface area (Å²) in [5, 5.41) is 9.02. The lowest BCUT2D eigenvalue weighted by atomic mass is 10.1. The summed E-state index contributed by atoms with van der Waals surface area (Å²) in [6.07, 6.45) is -3.25. The van der Waals surface area contributed by atoms with Gasteiger partial charge in [0.25, 0.3) is 0 Å². The minimum atomic E-state index is -4.40. The van der Waals surface area contributed by atoms with Gasteiger partial charge in [-0.1, -0.05) is 0 Å². The Morgan fingerprint density at radius 1 is 1.27 bits per heavy atom. The first-order valence-corrected chi connectivity index (χ1v) is 4.01. The number of halogens is 3. The van der Waals surface area contributed by atoms with Crippen molar-refractivity contribution in [2.24, 2.45) is 0 Å². The number of fused-ring (bicyclic) bond motifs is 1. The predicted molar refractivity (Wildman–Crippen MR) is 46.6 cm³/mol. The van der Waals surface area contributed by atoms with E-state index in [1.165, 1.54) is 6.07 Å². The third kappa shape index (κ3) is 1.63. The summed E-state index contributed by atoms with van der Waals surface area (Å²) in [5.41, 5.74) is 1.36. The van der Waals surface area contributed by atoms with Gasteiger partial charge in [-0.25, -0.2) is 0 Å². The van der Waals surface area contributed by atoms with Gasteiger partial charge < -0.3 is 4.42 Å². The third-order valence-corrected chi connectivity index (χ3v) is 2.02. The lowest BCUT2D eigenvalue weighted by Crippen LogP contribution is -2.03. The van der Waals surface area contributed by atoms with E-state index >= 15 is 0 Å². The van der Waals surface area contributed by atoms with E-state index in [0.29, 0.717) is 5.39 Å². The van der Waals surface area contributed by atoms with E-state index in [-0.39, 0.29) is 11.3 Å². The zero-order valence-corrected chi connectivity index (χ0v) is 7.30. The molecule has 2 N–H and O–H groups in total. The fourth-order valence-electron chi connectivity index (χ4n) is 1.29. The summed E-state index contributed by atoms with van der Waals surface area (Å²) in [5.74, 6) is 0. The summed E-state index contributed by atoms with van der Waals surface area (Å²) >= 11 is 0. The molecule has 1 aromatic heterocycles. The van der Waals surface area contributed by atoms with Gasteiger partial charge >= 0.3 is 6.18 Å². The Balaban J connectivity index is 2.58. The summed E-state index contributed by atoms with van der Waals surface area (Å²) in [6.45, 7) is 0. The van der Waals surface area contributed by atoms with Crippen LogP contribution in [0.15, 0.2) is 28.9 Å². The Hall–Kier alpha value is -1.69. The highest BCUT2D eigenvalue weighted by Crippen LogP contribution is 2.33. The number of hydrogen-bond donors (Lipinski definition) is 2. The highest BCUT2D eigenvalue weighted by molar-refractivity contribution is 5.90. The Morgan fingerprint density at radius 2 is 2.00 bits per heavy atom. The molecule has 1 aromatic carbocycles. The van der Waals surface area contributed by atoms with Crippen LogP contribution in [0.2, 0.25) is 0 Å². The molecule has 2 aromatic rings. The SMILES string of the molecule is ONc1coc2cc(C(F)(F)F)ccc12. The standard InChI is InChI=1S/C9H6F3NO2/c10-9(11,12)5-1-2-6-7(13-14)4-15-8(6)3-5/h1-4,13-14H. The molecule has 15 heavy (non-hydrogen) atoms. The molecule has 0 aliphatic carbocycles. The first-order chi connectivity index (χ1) is 7.02. The Morgan fingerprint density at radius 3 is 2.60 bits per heavy atom. The quantitative estimate of drug-likeness (QED) is 0.720. The van der Waals surface area contributed by atoms with Crippen molar-refractivity contribution in [3.63, 3.8) is 0 Å². The van der Waals surface area contributed by atoms with Crippen molar-refractivity contribution < 1.29 is 22.8 Å². The van der Waals surface area contributed by atoms with Crippen molar-refractivity contribution in [2.75, 3.05) is 5.48 Å². The summed E-state index contributed by atoms with van der Waals surface area (Å²) < 4.78 is 41.7. The smallest absolute Gasteiger partial charge is 0.416 e. The lowest BCUT2D eigenvalue weighted by molar-refractivity contribution is -0.137. The maximum atomic E-state index is 12.3. The zero-order valence-electron chi connectivity index (χ0n) is 7.30. The molecule has 0 radical (unpaired) electrons. The van der Waals surface area contributed by atoms with Gasteiger partial charge in [-0.2, -0.15) is 13.2 Å². The summed E-state index contributed by atoms with van der Waals surface area (Å²) in [7, 11) is 0. The zero-order chi connectivity index (χ0) is 11.1. The molecular weight excluding hydrogens is 211 g/mol. The van der Waals surface area contributed by atoms with Crippen LogP contribution in [-0.4, -0.2) is 5.21 Å². The predicted octanol–water partition coefficient (Wildman–Crippen LogP) is 3.25. The molecule has 0 aliphatic rings. The third-order valence-electron chi connectivity index (χ3n) is 2.02. The van der Waals surface area contributed by atoms with Gasteiger partial charge in [0, 0.05) is 5.39 Å². The number of rotatable bonds is 1. The molecule has 80 valence electrons. The lowest BCUT2D eigenvalue weighted by Gasteiger charge is -2.05. The largest absolute Gasteiger partial charge is 0.462 e. The molecule has 0 bridgehead atoms. The molecule has 0 aliphatic heterocycles. The van der Waals surface area contributed by atoms with Crippen LogP contribution < -0.4 is 5.48 Å². The van der Waals surface area contributed by atoms with Crippen LogP contribution in [0, 0.1) is 0 Å². The second-order valence-electron chi connectivity index (χ2n) is 2.97. The van der Waals surface area contributed by atoms with Crippen LogP contribution in [0.1, 0.15) is 5.56 Å². The molecule has 0 unspecified atom stereocenters. The molecule has 2 rings (SSSR count). The fraction of sp³-hybridized carbons (Fsp3) is 0.111. The number of anilines is 1. The average molecular weight is 217 g/mol. The molecular formula is C9H6F3NO2. The molecule has 6 heteroatoms. The minimum absolute atomic E-state index is 0.0707. The average Bonchev–Trinajstić information content (AvgIpc) is 2.58. The van der Waals surface area contributed by atoms with E-state index in [1.807, 2.05) is 5.48 Å².